The van der Waals surface area contributed by atoms with Crippen LogP contribution in [0.15, 0.2) is 12.3 Å². The van der Waals surface area contributed by atoms with E-state index in [9.17, 15) is 0 Å². The average Bonchev–Trinajstić information content (AvgIpc) is 2.70. The fourth-order valence-corrected chi connectivity index (χ4v) is 2.55. The molecule has 2 atom stereocenters. The van der Waals surface area contributed by atoms with E-state index in [1.54, 1.807) is 0 Å². The molecule has 1 N–H and O–H groups in total. The Balaban J connectivity index is 2.60. The molecular formula is C15H29N3. The molecule has 0 aliphatic heterocycles. The first-order chi connectivity index (χ1) is 8.52. The summed E-state index contributed by atoms with van der Waals surface area (Å²) in [5, 5.41) is 8.18. The van der Waals surface area contributed by atoms with E-state index < -0.39 is 0 Å². The molecular weight excluding hydrogens is 222 g/mol. The average molecular weight is 251 g/mol. The Morgan fingerprint density at radius 1 is 1.28 bits per heavy atom. The molecule has 0 amide bonds. The highest BCUT2D eigenvalue weighted by atomic mass is 15.3. The second-order valence-corrected chi connectivity index (χ2v) is 5.89. The first-order valence-electron chi connectivity index (χ1n) is 7.25. The van der Waals surface area contributed by atoms with E-state index in [2.05, 4.69) is 44.2 Å². The first-order valence-corrected chi connectivity index (χ1v) is 7.25. The Morgan fingerprint density at radius 3 is 2.50 bits per heavy atom. The van der Waals surface area contributed by atoms with Crippen LogP contribution in [-0.4, -0.2) is 16.3 Å². The molecule has 0 fully saturated rings. The standard InChI is InChI=1S/C15H29N3/c1-6-8-16-15(11-13(4)10-12(2)3)14-7-9-18(5)17-14/h7,9,12-13,15-16H,6,8,10-11H2,1-5H3. The lowest BCUT2D eigenvalue weighted by Gasteiger charge is -2.22. The predicted octanol–water partition coefficient (Wildman–Crippen LogP) is 3.53. The minimum absolute atomic E-state index is 0.403. The monoisotopic (exact) mass is 251 g/mol. The lowest BCUT2D eigenvalue weighted by Crippen LogP contribution is -2.25. The van der Waals surface area contributed by atoms with Gasteiger partial charge in [-0.1, -0.05) is 27.7 Å². The summed E-state index contributed by atoms with van der Waals surface area (Å²) in [6.45, 7) is 10.2. The van der Waals surface area contributed by atoms with Crippen molar-refractivity contribution >= 4 is 0 Å². The van der Waals surface area contributed by atoms with E-state index in [0.717, 1.165) is 18.4 Å². The molecule has 1 aromatic heterocycles. The van der Waals surface area contributed by atoms with E-state index in [0.29, 0.717) is 6.04 Å². The van der Waals surface area contributed by atoms with Crippen molar-refractivity contribution in [2.24, 2.45) is 18.9 Å². The topological polar surface area (TPSA) is 29.9 Å². The second kappa shape index (κ2) is 7.57. The minimum atomic E-state index is 0.403. The summed E-state index contributed by atoms with van der Waals surface area (Å²) in [5.41, 5.74) is 1.18. The van der Waals surface area contributed by atoms with Gasteiger partial charge in [-0.3, -0.25) is 4.68 Å². The summed E-state index contributed by atoms with van der Waals surface area (Å²) < 4.78 is 1.89. The summed E-state index contributed by atoms with van der Waals surface area (Å²) in [5.74, 6) is 1.51. The fraction of sp³-hybridized carbons (Fsp3) is 0.800. The molecule has 0 aliphatic rings. The van der Waals surface area contributed by atoms with Gasteiger partial charge >= 0.3 is 0 Å². The molecule has 0 aliphatic carbocycles. The van der Waals surface area contributed by atoms with Crippen LogP contribution in [0.4, 0.5) is 0 Å². The zero-order valence-electron chi connectivity index (χ0n) is 12.6. The lowest BCUT2D eigenvalue weighted by atomic mass is 9.91. The Bertz CT molecular complexity index is 330. The van der Waals surface area contributed by atoms with Crippen molar-refractivity contribution in [3.05, 3.63) is 18.0 Å². The zero-order chi connectivity index (χ0) is 13.5. The molecule has 0 radical (unpaired) electrons. The largest absolute Gasteiger partial charge is 0.309 e. The van der Waals surface area contributed by atoms with Gasteiger partial charge in [0.05, 0.1) is 11.7 Å². The summed E-state index contributed by atoms with van der Waals surface area (Å²) in [6.07, 6.45) is 5.66. The summed E-state index contributed by atoms with van der Waals surface area (Å²) in [7, 11) is 1.98. The molecule has 104 valence electrons. The smallest absolute Gasteiger partial charge is 0.0793 e. The van der Waals surface area contributed by atoms with Crippen LogP contribution in [0.2, 0.25) is 0 Å². The van der Waals surface area contributed by atoms with Gasteiger partial charge in [0.15, 0.2) is 0 Å². The molecule has 0 bridgehead atoms. The quantitative estimate of drug-likeness (QED) is 0.766. The maximum atomic E-state index is 4.55. The maximum absolute atomic E-state index is 4.55. The lowest BCUT2D eigenvalue weighted by molar-refractivity contribution is 0.351. The van der Waals surface area contributed by atoms with Gasteiger partial charge < -0.3 is 5.32 Å². The minimum Gasteiger partial charge on any atom is -0.309 e. The van der Waals surface area contributed by atoms with Gasteiger partial charge in [0.25, 0.3) is 0 Å². The van der Waals surface area contributed by atoms with E-state index in [4.69, 9.17) is 0 Å². The van der Waals surface area contributed by atoms with Crippen molar-refractivity contribution in [1.82, 2.24) is 15.1 Å². The number of aromatic nitrogens is 2. The molecule has 0 saturated carbocycles. The van der Waals surface area contributed by atoms with Crippen LogP contribution < -0.4 is 5.32 Å². The van der Waals surface area contributed by atoms with E-state index in [-0.39, 0.29) is 0 Å². The van der Waals surface area contributed by atoms with Gasteiger partial charge in [-0.25, -0.2) is 0 Å². The molecule has 0 aromatic carbocycles. The SMILES string of the molecule is CCCNC(CC(C)CC(C)C)c1ccn(C)n1. The van der Waals surface area contributed by atoms with Crippen LogP contribution in [0.3, 0.4) is 0 Å². The van der Waals surface area contributed by atoms with Crippen LogP contribution in [0.5, 0.6) is 0 Å². The van der Waals surface area contributed by atoms with Crippen molar-refractivity contribution in [3.63, 3.8) is 0 Å². The van der Waals surface area contributed by atoms with E-state index in [1.807, 2.05) is 17.9 Å². The molecule has 0 spiro atoms. The van der Waals surface area contributed by atoms with Gasteiger partial charge in [0, 0.05) is 13.2 Å². The van der Waals surface area contributed by atoms with Gasteiger partial charge in [-0.05, 0) is 43.7 Å². The summed E-state index contributed by atoms with van der Waals surface area (Å²) >= 11 is 0. The summed E-state index contributed by atoms with van der Waals surface area (Å²) in [4.78, 5) is 0. The second-order valence-electron chi connectivity index (χ2n) is 5.89. The van der Waals surface area contributed by atoms with Gasteiger partial charge in [-0.2, -0.15) is 5.10 Å². The molecule has 2 unspecified atom stereocenters. The Kier molecular flexibility index (Phi) is 6.41. The van der Waals surface area contributed by atoms with Crippen molar-refractivity contribution < 1.29 is 0 Å². The van der Waals surface area contributed by atoms with Crippen molar-refractivity contribution in [2.75, 3.05) is 6.54 Å². The molecule has 0 saturated heterocycles. The fourth-order valence-electron chi connectivity index (χ4n) is 2.55. The van der Waals surface area contributed by atoms with Crippen molar-refractivity contribution in [1.29, 1.82) is 0 Å². The number of hydrogen-bond donors (Lipinski definition) is 1. The van der Waals surface area contributed by atoms with Crippen molar-refractivity contribution in [2.45, 2.75) is 53.0 Å². The number of nitrogens with one attached hydrogen (secondary N) is 1. The molecule has 1 aromatic rings. The molecule has 3 nitrogen and oxygen atoms in total. The predicted molar refractivity (Wildman–Crippen MR) is 77.5 cm³/mol. The summed E-state index contributed by atoms with van der Waals surface area (Å²) in [6, 6.07) is 2.54. The molecule has 1 heterocycles. The Labute approximate surface area is 112 Å². The van der Waals surface area contributed by atoms with Gasteiger partial charge in [0.2, 0.25) is 0 Å². The first kappa shape index (κ1) is 15.2. The van der Waals surface area contributed by atoms with Gasteiger partial charge in [-0.15, -0.1) is 0 Å². The van der Waals surface area contributed by atoms with Crippen LogP contribution in [-0.2, 0) is 7.05 Å². The number of nitrogens with zero attached hydrogens (tertiary/aromatic N) is 2. The van der Waals surface area contributed by atoms with Crippen LogP contribution in [0.25, 0.3) is 0 Å². The van der Waals surface area contributed by atoms with Crippen LogP contribution in [0, 0.1) is 11.8 Å². The molecule has 1 rings (SSSR count). The van der Waals surface area contributed by atoms with Crippen molar-refractivity contribution in [3.8, 4) is 0 Å². The number of aryl methyl sites for hydroxylation is 1. The highest BCUT2D eigenvalue weighted by Crippen LogP contribution is 2.24. The van der Waals surface area contributed by atoms with Crippen LogP contribution >= 0.6 is 0 Å². The third kappa shape index (κ3) is 5.21. The molecule has 3 heteroatoms. The highest BCUT2D eigenvalue weighted by Gasteiger charge is 2.17. The third-order valence-electron chi connectivity index (χ3n) is 3.24. The Morgan fingerprint density at radius 2 is 2.00 bits per heavy atom. The number of rotatable bonds is 8. The van der Waals surface area contributed by atoms with E-state index in [1.165, 1.54) is 25.0 Å². The van der Waals surface area contributed by atoms with E-state index >= 15 is 0 Å². The maximum Gasteiger partial charge on any atom is 0.0793 e. The zero-order valence-corrected chi connectivity index (χ0v) is 12.6. The number of hydrogen-bond acceptors (Lipinski definition) is 2. The molecule has 18 heavy (non-hydrogen) atoms. The third-order valence-corrected chi connectivity index (χ3v) is 3.24. The Hall–Kier alpha value is -0.830. The highest BCUT2D eigenvalue weighted by molar-refractivity contribution is 5.05. The van der Waals surface area contributed by atoms with Crippen LogP contribution in [0.1, 0.15) is 58.7 Å². The van der Waals surface area contributed by atoms with Gasteiger partial charge in [0.1, 0.15) is 0 Å². The normalized spacial score (nSPS) is 15.0.